The maximum absolute atomic E-state index is 13.6. The first-order valence-electron chi connectivity index (χ1n) is 10.4. The van der Waals surface area contributed by atoms with Crippen molar-refractivity contribution in [1.82, 2.24) is 9.78 Å². The van der Waals surface area contributed by atoms with Crippen LogP contribution in [0.3, 0.4) is 0 Å². The van der Waals surface area contributed by atoms with Crippen LogP contribution in [0.15, 0.2) is 62.8 Å². The zero-order valence-corrected chi connectivity index (χ0v) is 22.1. The van der Waals surface area contributed by atoms with Gasteiger partial charge in [0.05, 0.1) is 21.8 Å². The quantitative estimate of drug-likeness (QED) is 0.162. The van der Waals surface area contributed by atoms with Crippen LogP contribution in [0.4, 0.5) is 32.2 Å². The molecule has 0 fully saturated rings. The number of hydrogen-bond donors (Lipinski definition) is 0. The minimum atomic E-state index is -6.27. The van der Waals surface area contributed by atoms with E-state index < -0.39 is 59.2 Å². The van der Waals surface area contributed by atoms with Crippen molar-refractivity contribution < 1.29 is 39.2 Å². The number of halogens is 9. The van der Waals surface area contributed by atoms with Gasteiger partial charge in [0.1, 0.15) is 23.3 Å². The Morgan fingerprint density at radius 1 is 0.975 bits per heavy atom. The maximum atomic E-state index is 13.6. The fourth-order valence-electron chi connectivity index (χ4n) is 3.35. The number of benzene rings is 2. The van der Waals surface area contributed by atoms with Crippen molar-refractivity contribution in [3.8, 4) is 23.1 Å². The highest BCUT2D eigenvalue weighted by Crippen LogP contribution is 2.43. The van der Waals surface area contributed by atoms with Crippen LogP contribution < -0.4 is 0 Å². The Morgan fingerprint density at radius 2 is 1.57 bits per heavy atom. The van der Waals surface area contributed by atoms with Crippen molar-refractivity contribution >= 4 is 56.7 Å². The highest BCUT2D eigenvalue weighted by molar-refractivity contribution is 7.92. The molecule has 40 heavy (non-hydrogen) atoms. The van der Waals surface area contributed by atoms with Gasteiger partial charge in [-0.25, -0.2) is 18.1 Å². The summed E-state index contributed by atoms with van der Waals surface area (Å²) in [5.41, 5.74) is -8.58. The van der Waals surface area contributed by atoms with Crippen LogP contribution in [-0.2, 0) is 16.0 Å². The molecule has 7 nitrogen and oxygen atoms in total. The Balaban J connectivity index is 1.94. The number of rotatable bonds is 5. The first kappa shape index (κ1) is 29.5. The van der Waals surface area contributed by atoms with Gasteiger partial charge in [0.25, 0.3) is 9.84 Å². The smallest absolute Gasteiger partial charge is 0.455 e. The van der Waals surface area contributed by atoms with Gasteiger partial charge in [-0.2, -0.15) is 36.7 Å². The SMILES string of the molecule is N#Cc1nn(-c2c(Cl)cc(C(F)(F)F)cc2Cl)c(N=Cc2ccc(-c3ccc(Cl)cc3)o2)c1S(=O)(=O)C(F)(F)F. The van der Waals surface area contributed by atoms with Crippen molar-refractivity contribution in [2.75, 3.05) is 0 Å². The number of sulfone groups is 1. The summed E-state index contributed by atoms with van der Waals surface area (Å²) >= 11 is 17.8. The second-order valence-corrected chi connectivity index (χ2v) is 10.9. The molecule has 0 spiro atoms. The lowest BCUT2D eigenvalue weighted by Gasteiger charge is -2.13. The Hall–Kier alpha value is -3.51. The molecular formula is C23H9Cl3F6N4O3S. The first-order valence-corrected chi connectivity index (χ1v) is 13.0. The second-order valence-electron chi connectivity index (χ2n) is 7.73. The normalized spacial score (nSPS) is 12.7. The van der Waals surface area contributed by atoms with Crippen LogP contribution in [-0.4, -0.2) is 29.9 Å². The van der Waals surface area contributed by atoms with Crippen LogP contribution in [0, 0.1) is 11.3 Å². The maximum Gasteiger partial charge on any atom is 0.502 e. The molecule has 17 heteroatoms. The summed E-state index contributed by atoms with van der Waals surface area (Å²) in [7, 11) is -6.27. The molecule has 2 heterocycles. The molecule has 2 aromatic heterocycles. The van der Waals surface area contributed by atoms with E-state index >= 15 is 0 Å². The summed E-state index contributed by atoms with van der Waals surface area (Å²) < 4.78 is 111. The summed E-state index contributed by atoms with van der Waals surface area (Å²) in [5, 5.41) is 11.8. The van der Waals surface area contributed by atoms with E-state index in [2.05, 4.69) is 10.1 Å². The zero-order chi connectivity index (χ0) is 29.6. The van der Waals surface area contributed by atoms with Gasteiger partial charge in [-0.05, 0) is 48.5 Å². The molecule has 0 radical (unpaired) electrons. The van der Waals surface area contributed by atoms with Crippen LogP contribution in [0.1, 0.15) is 17.0 Å². The molecule has 208 valence electrons. The van der Waals surface area contributed by atoms with E-state index in [-0.39, 0.29) is 11.5 Å². The number of alkyl halides is 6. The second kappa shape index (κ2) is 10.5. The Kier molecular flexibility index (Phi) is 7.72. The molecule has 0 N–H and O–H groups in total. The van der Waals surface area contributed by atoms with Gasteiger partial charge in [0, 0.05) is 10.6 Å². The fourth-order valence-corrected chi connectivity index (χ4v) is 5.07. The van der Waals surface area contributed by atoms with E-state index in [1.807, 2.05) is 0 Å². The minimum absolute atomic E-state index is 0.0869. The molecular weight excluding hydrogens is 633 g/mol. The highest BCUT2D eigenvalue weighted by atomic mass is 35.5. The van der Waals surface area contributed by atoms with Crippen molar-refractivity contribution in [2.24, 2.45) is 4.99 Å². The van der Waals surface area contributed by atoms with E-state index in [4.69, 9.17) is 39.2 Å². The summed E-state index contributed by atoms with van der Waals surface area (Å²) in [4.78, 5) is 2.10. The third kappa shape index (κ3) is 5.55. The third-order valence-corrected chi connectivity index (χ3v) is 7.47. The molecule has 0 saturated heterocycles. The summed E-state index contributed by atoms with van der Waals surface area (Å²) in [6, 6.07) is 11.2. The van der Waals surface area contributed by atoms with E-state index in [9.17, 15) is 40.0 Å². The van der Waals surface area contributed by atoms with Gasteiger partial charge in [-0.15, -0.1) is 0 Å². The van der Waals surface area contributed by atoms with Gasteiger partial charge >= 0.3 is 11.7 Å². The van der Waals surface area contributed by atoms with Gasteiger partial charge < -0.3 is 4.42 Å². The minimum Gasteiger partial charge on any atom is -0.455 e. The fraction of sp³-hybridized carbons (Fsp3) is 0.0870. The van der Waals surface area contributed by atoms with Crippen LogP contribution in [0.5, 0.6) is 0 Å². The number of aliphatic imine (C=N–C) groups is 1. The monoisotopic (exact) mass is 640 g/mol. The van der Waals surface area contributed by atoms with Crippen molar-refractivity contribution in [3.63, 3.8) is 0 Å². The van der Waals surface area contributed by atoms with Crippen LogP contribution >= 0.6 is 34.8 Å². The molecule has 0 aliphatic rings. The van der Waals surface area contributed by atoms with Crippen LogP contribution in [0.25, 0.3) is 17.0 Å². The molecule has 0 bridgehead atoms. The molecule has 2 aromatic carbocycles. The molecule has 0 unspecified atom stereocenters. The lowest BCUT2D eigenvalue weighted by molar-refractivity contribution is -0.137. The lowest BCUT2D eigenvalue weighted by Crippen LogP contribution is -2.23. The van der Waals surface area contributed by atoms with Crippen molar-refractivity contribution in [2.45, 2.75) is 16.6 Å². The summed E-state index contributed by atoms with van der Waals surface area (Å²) in [6.07, 6.45) is -4.09. The average Bonchev–Trinajstić information content (AvgIpc) is 3.46. The molecule has 0 saturated carbocycles. The summed E-state index contributed by atoms with van der Waals surface area (Å²) in [6.45, 7) is 0. The number of aromatic nitrogens is 2. The molecule has 0 aliphatic heterocycles. The third-order valence-electron chi connectivity index (χ3n) is 5.12. The highest BCUT2D eigenvalue weighted by Gasteiger charge is 2.51. The van der Waals surface area contributed by atoms with Gasteiger partial charge in [0.2, 0.25) is 0 Å². The van der Waals surface area contributed by atoms with E-state index in [0.29, 0.717) is 27.4 Å². The molecule has 0 amide bonds. The number of nitriles is 1. The average molecular weight is 642 g/mol. The number of nitrogens with zero attached hydrogens (tertiary/aromatic N) is 4. The molecule has 4 aromatic rings. The van der Waals surface area contributed by atoms with Gasteiger partial charge in [-0.3, -0.25) is 0 Å². The van der Waals surface area contributed by atoms with E-state index in [1.54, 1.807) is 24.3 Å². The summed E-state index contributed by atoms with van der Waals surface area (Å²) in [5.74, 6) is -0.931. The van der Waals surface area contributed by atoms with E-state index in [1.165, 1.54) is 18.2 Å². The number of hydrogen-bond acceptors (Lipinski definition) is 6. The van der Waals surface area contributed by atoms with Crippen molar-refractivity contribution in [3.05, 3.63) is 80.6 Å². The predicted molar refractivity (Wildman–Crippen MR) is 133 cm³/mol. The Morgan fingerprint density at radius 3 is 2.10 bits per heavy atom. The number of furan rings is 1. The largest absolute Gasteiger partial charge is 0.502 e. The zero-order valence-electron chi connectivity index (χ0n) is 19.0. The van der Waals surface area contributed by atoms with Gasteiger partial charge in [-0.1, -0.05) is 34.8 Å². The molecule has 0 atom stereocenters. The standard InChI is InChI=1S/C23H9Cl3F6N4O3S/c24-13-3-1-11(2-4-13)18-6-5-14(39-18)10-34-21-20(40(37,38)23(30,31)32)17(9-33)35-36(21)19-15(25)7-12(8-16(19)26)22(27,28)29/h1-8,10H. The van der Waals surface area contributed by atoms with Gasteiger partial charge in [0.15, 0.2) is 16.4 Å². The Bertz CT molecular complexity index is 1760. The predicted octanol–water partition coefficient (Wildman–Crippen LogP) is 8.03. The topological polar surface area (TPSA) is 101 Å². The van der Waals surface area contributed by atoms with E-state index in [0.717, 1.165) is 6.21 Å². The molecule has 0 aliphatic carbocycles. The Labute approximate surface area is 235 Å². The van der Waals surface area contributed by atoms with Crippen molar-refractivity contribution in [1.29, 1.82) is 5.26 Å². The lowest BCUT2D eigenvalue weighted by atomic mass is 10.2. The first-order chi connectivity index (χ1) is 18.5. The van der Waals surface area contributed by atoms with Crippen LogP contribution in [0.2, 0.25) is 15.1 Å². The molecule has 4 rings (SSSR count).